The van der Waals surface area contributed by atoms with Gasteiger partial charge in [0.25, 0.3) is 0 Å². The number of aliphatic hydroxyl groups excluding tert-OH is 1. The molecule has 1 amide bonds. The number of alkyl carbamates (subject to hydrolysis) is 1. The standard InChI is InChI=1S/C11H12FNO3/c12-8-4-2-1-3-7(8)5-10-9(6-14)13-11(15)16-10/h1-4,9-10,14H,5-6H2,(H,13,15). The second kappa shape index (κ2) is 4.49. The van der Waals surface area contributed by atoms with Crippen LogP contribution in [0.4, 0.5) is 9.18 Å². The molecule has 1 fully saturated rings. The van der Waals surface area contributed by atoms with Crippen molar-refractivity contribution in [1.82, 2.24) is 5.32 Å². The number of aliphatic hydroxyl groups is 1. The van der Waals surface area contributed by atoms with Gasteiger partial charge in [0.2, 0.25) is 0 Å². The molecule has 1 aliphatic heterocycles. The number of hydrogen-bond donors (Lipinski definition) is 2. The van der Waals surface area contributed by atoms with Crippen LogP contribution in [-0.2, 0) is 11.2 Å². The van der Waals surface area contributed by atoms with Crippen molar-refractivity contribution in [1.29, 1.82) is 0 Å². The van der Waals surface area contributed by atoms with Crippen molar-refractivity contribution in [2.75, 3.05) is 6.61 Å². The lowest BCUT2D eigenvalue weighted by Gasteiger charge is -2.14. The van der Waals surface area contributed by atoms with Crippen LogP contribution in [0.3, 0.4) is 0 Å². The van der Waals surface area contributed by atoms with Crippen LogP contribution in [0.25, 0.3) is 0 Å². The van der Waals surface area contributed by atoms with Crippen molar-refractivity contribution in [2.45, 2.75) is 18.6 Å². The summed E-state index contributed by atoms with van der Waals surface area (Å²) < 4.78 is 18.3. The van der Waals surface area contributed by atoms with E-state index in [0.29, 0.717) is 5.56 Å². The molecule has 2 atom stereocenters. The average Bonchev–Trinajstić information content (AvgIpc) is 2.62. The van der Waals surface area contributed by atoms with Crippen molar-refractivity contribution in [3.63, 3.8) is 0 Å². The molecule has 0 radical (unpaired) electrons. The van der Waals surface area contributed by atoms with Crippen LogP contribution in [0.15, 0.2) is 24.3 Å². The molecule has 0 bridgehead atoms. The Bertz CT molecular complexity index is 397. The first-order valence-corrected chi connectivity index (χ1v) is 5.02. The zero-order valence-electron chi connectivity index (χ0n) is 8.52. The molecular formula is C11H12FNO3. The molecule has 0 aliphatic carbocycles. The van der Waals surface area contributed by atoms with Gasteiger partial charge in [0.05, 0.1) is 12.6 Å². The Morgan fingerprint density at radius 1 is 1.44 bits per heavy atom. The smallest absolute Gasteiger partial charge is 0.407 e. The number of ether oxygens (including phenoxy) is 1. The van der Waals surface area contributed by atoms with Crippen molar-refractivity contribution >= 4 is 6.09 Å². The van der Waals surface area contributed by atoms with E-state index in [0.717, 1.165) is 0 Å². The van der Waals surface area contributed by atoms with Gasteiger partial charge in [-0.3, -0.25) is 0 Å². The minimum atomic E-state index is -0.569. The van der Waals surface area contributed by atoms with Crippen molar-refractivity contribution in [2.24, 2.45) is 0 Å². The van der Waals surface area contributed by atoms with E-state index in [1.165, 1.54) is 6.07 Å². The van der Waals surface area contributed by atoms with Gasteiger partial charge in [-0.1, -0.05) is 18.2 Å². The fourth-order valence-corrected chi connectivity index (χ4v) is 1.73. The molecule has 16 heavy (non-hydrogen) atoms. The van der Waals surface area contributed by atoms with Gasteiger partial charge in [0.1, 0.15) is 11.9 Å². The topological polar surface area (TPSA) is 58.6 Å². The van der Waals surface area contributed by atoms with Crippen LogP contribution >= 0.6 is 0 Å². The van der Waals surface area contributed by atoms with E-state index in [1.807, 2.05) is 0 Å². The van der Waals surface area contributed by atoms with Crippen molar-refractivity contribution in [3.05, 3.63) is 35.6 Å². The highest BCUT2D eigenvalue weighted by Gasteiger charge is 2.33. The van der Waals surface area contributed by atoms with E-state index in [9.17, 15) is 9.18 Å². The molecule has 0 saturated carbocycles. The molecule has 2 unspecified atom stereocenters. The summed E-state index contributed by atoms with van der Waals surface area (Å²) in [5, 5.41) is 11.5. The average molecular weight is 225 g/mol. The van der Waals surface area contributed by atoms with Crippen LogP contribution in [0.1, 0.15) is 5.56 Å². The highest BCUT2D eigenvalue weighted by atomic mass is 19.1. The zero-order chi connectivity index (χ0) is 11.5. The van der Waals surface area contributed by atoms with E-state index >= 15 is 0 Å². The molecule has 1 aromatic rings. The Kier molecular flexibility index (Phi) is 3.05. The highest BCUT2D eigenvalue weighted by molar-refractivity contribution is 5.70. The zero-order valence-corrected chi connectivity index (χ0v) is 8.52. The third kappa shape index (κ3) is 2.14. The molecule has 4 nitrogen and oxygen atoms in total. The molecule has 86 valence electrons. The molecule has 0 aromatic heterocycles. The molecule has 5 heteroatoms. The summed E-state index contributed by atoms with van der Waals surface area (Å²) in [6.07, 6.45) is -0.828. The van der Waals surface area contributed by atoms with Gasteiger partial charge in [0.15, 0.2) is 0 Å². The SMILES string of the molecule is O=C1NC(CO)C(Cc2ccccc2F)O1. The maximum Gasteiger partial charge on any atom is 0.407 e. The third-order valence-corrected chi connectivity index (χ3v) is 2.59. The van der Waals surface area contributed by atoms with Gasteiger partial charge in [-0.2, -0.15) is 0 Å². The minimum absolute atomic E-state index is 0.217. The number of amides is 1. The van der Waals surface area contributed by atoms with E-state index in [2.05, 4.69) is 5.32 Å². The van der Waals surface area contributed by atoms with Gasteiger partial charge >= 0.3 is 6.09 Å². The number of carbonyl (C=O) groups is 1. The first-order chi connectivity index (χ1) is 7.70. The third-order valence-electron chi connectivity index (χ3n) is 2.59. The van der Waals surface area contributed by atoms with Gasteiger partial charge in [-0.15, -0.1) is 0 Å². The summed E-state index contributed by atoms with van der Waals surface area (Å²) in [6.45, 7) is -0.217. The number of halogens is 1. The first kappa shape index (κ1) is 10.9. The number of rotatable bonds is 3. The normalized spacial score (nSPS) is 24.0. The fraction of sp³-hybridized carbons (Fsp3) is 0.364. The van der Waals surface area contributed by atoms with Crippen LogP contribution < -0.4 is 5.32 Å². The Morgan fingerprint density at radius 3 is 2.88 bits per heavy atom. The van der Waals surface area contributed by atoms with E-state index < -0.39 is 18.2 Å². The molecule has 1 heterocycles. The lowest BCUT2D eigenvalue weighted by atomic mass is 10.0. The Morgan fingerprint density at radius 2 is 2.19 bits per heavy atom. The monoisotopic (exact) mass is 225 g/mol. The molecule has 1 saturated heterocycles. The van der Waals surface area contributed by atoms with Crippen molar-refractivity contribution in [3.8, 4) is 0 Å². The predicted octanol–water partition coefficient (Wildman–Crippen LogP) is 0.837. The number of carbonyl (C=O) groups excluding carboxylic acids is 1. The number of cyclic esters (lactones) is 1. The van der Waals surface area contributed by atoms with E-state index in [1.54, 1.807) is 18.2 Å². The summed E-state index contributed by atoms with van der Waals surface area (Å²) in [5.41, 5.74) is 0.474. The maximum atomic E-state index is 13.3. The molecular weight excluding hydrogens is 213 g/mol. The highest BCUT2D eigenvalue weighted by Crippen LogP contribution is 2.16. The largest absolute Gasteiger partial charge is 0.444 e. The lowest BCUT2D eigenvalue weighted by Crippen LogP contribution is -2.36. The lowest BCUT2D eigenvalue weighted by molar-refractivity contribution is 0.118. The van der Waals surface area contributed by atoms with E-state index in [4.69, 9.17) is 9.84 Å². The minimum Gasteiger partial charge on any atom is -0.444 e. The number of hydrogen-bond acceptors (Lipinski definition) is 3. The Balaban J connectivity index is 2.10. The molecule has 1 aromatic carbocycles. The first-order valence-electron chi connectivity index (χ1n) is 5.02. The molecule has 0 spiro atoms. The quantitative estimate of drug-likeness (QED) is 0.801. The summed E-state index contributed by atoms with van der Waals surface area (Å²) in [5.74, 6) is -0.331. The predicted molar refractivity (Wildman–Crippen MR) is 54.4 cm³/mol. The fourth-order valence-electron chi connectivity index (χ4n) is 1.73. The van der Waals surface area contributed by atoms with Gasteiger partial charge in [-0.25, -0.2) is 9.18 Å². The van der Waals surface area contributed by atoms with Gasteiger partial charge < -0.3 is 15.2 Å². The summed E-state index contributed by atoms with van der Waals surface area (Å²) in [4.78, 5) is 11.0. The summed E-state index contributed by atoms with van der Waals surface area (Å²) >= 11 is 0. The van der Waals surface area contributed by atoms with Crippen LogP contribution in [0, 0.1) is 5.82 Å². The van der Waals surface area contributed by atoms with Crippen LogP contribution in [0.5, 0.6) is 0 Å². The van der Waals surface area contributed by atoms with Crippen LogP contribution in [-0.4, -0.2) is 30.0 Å². The second-order valence-electron chi connectivity index (χ2n) is 3.67. The summed E-state index contributed by atoms with van der Waals surface area (Å²) in [7, 11) is 0. The Hall–Kier alpha value is -1.62. The van der Waals surface area contributed by atoms with Crippen molar-refractivity contribution < 1.29 is 19.0 Å². The number of benzene rings is 1. The van der Waals surface area contributed by atoms with Gasteiger partial charge in [0, 0.05) is 6.42 Å². The number of nitrogens with one attached hydrogen (secondary N) is 1. The molecule has 2 rings (SSSR count). The van der Waals surface area contributed by atoms with Crippen LogP contribution in [0.2, 0.25) is 0 Å². The second-order valence-corrected chi connectivity index (χ2v) is 3.67. The Labute approximate surface area is 92.0 Å². The summed E-state index contributed by atoms with van der Waals surface area (Å²) in [6, 6.07) is 5.84. The van der Waals surface area contributed by atoms with E-state index in [-0.39, 0.29) is 18.8 Å². The maximum absolute atomic E-state index is 13.3. The molecule has 2 N–H and O–H groups in total. The molecule has 1 aliphatic rings. The van der Waals surface area contributed by atoms with Gasteiger partial charge in [-0.05, 0) is 11.6 Å².